The second kappa shape index (κ2) is 9.55. The minimum atomic E-state index is -3.71. The Bertz CT molecular complexity index is 813. The highest BCUT2D eigenvalue weighted by atomic mass is 32.2. The molecule has 0 aromatic heterocycles. The lowest BCUT2D eigenvalue weighted by Crippen LogP contribution is -2.51. The average molecular weight is 424 g/mol. The van der Waals surface area contributed by atoms with Crippen LogP contribution in [0.1, 0.15) is 43.7 Å². The van der Waals surface area contributed by atoms with Crippen LogP contribution >= 0.6 is 0 Å². The Kier molecular flexibility index (Phi) is 7.32. The molecular weight excluding hydrogens is 390 g/mol. The largest absolute Gasteiger partial charge is 0.377 e. The summed E-state index contributed by atoms with van der Waals surface area (Å²) in [5.74, 6) is 0.200. The van der Waals surface area contributed by atoms with Crippen LogP contribution in [0, 0.1) is 19.8 Å². The van der Waals surface area contributed by atoms with Gasteiger partial charge in [0.25, 0.3) is 10.2 Å². The van der Waals surface area contributed by atoms with Crippen LogP contribution in [0.4, 0.5) is 5.69 Å². The van der Waals surface area contributed by atoms with Crippen molar-refractivity contribution in [1.82, 2.24) is 8.61 Å². The molecule has 0 spiro atoms. The van der Waals surface area contributed by atoms with Gasteiger partial charge in [-0.15, -0.1) is 0 Å². The second-order valence-corrected chi connectivity index (χ2v) is 10.2. The first-order valence-corrected chi connectivity index (χ1v) is 11.9. The number of benzene rings is 1. The Balaban J connectivity index is 1.74. The zero-order valence-electron chi connectivity index (χ0n) is 17.7. The fraction of sp³-hybridized carbons (Fsp3) is 0.667. The van der Waals surface area contributed by atoms with E-state index in [0.29, 0.717) is 25.6 Å². The summed E-state index contributed by atoms with van der Waals surface area (Å²) in [6.07, 6.45) is 3.29. The van der Waals surface area contributed by atoms with Crippen LogP contribution in [0.2, 0.25) is 0 Å². The molecule has 1 aromatic rings. The monoisotopic (exact) mass is 423 g/mol. The van der Waals surface area contributed by atoms with Crippen molar-refractivity contribution in [3.63, 3.8) is 0 Å². The van der Waals surface area contributed by atoms with Crippen LogP contribution in [0.3, 0.4) is 0 Å². The van der Waals surface area contributed by atoms with Crippen LogP contribution < -0.4 is 5.32 Å². The highest BCUT2D eigenvalue weighted by Gasteiger charge is 2.35. The van der Waals surface area contributed by atoms with Gasteiger partial charge in [0, 0.05) is 31.9 Å². The van der Waals surface area contributed by atoms with Crippen LogP contribution in [-0.2, 0) is 19.7 Å². The average Bonchev–Trinajstić information content (AvgIpc) is 3.18. The molecule has 1 atom stereocenters. The zero-order chi connectivity index (χ0) is 21.0. The van der Waals surface area contributed by atoms with E-state index in [9.17, 15) is 13.2 Å². The quantitative estimate of drug-likeness (QED) is 0.731. The molecule has 3 rings (SSSR count). The Morgan fingerprint density at radius 1 is 1.24 bits per heavy atom. The predicted molar refractivity (Wildman–Crippen MR) is 114 cm³/mol. The van der Waals surface area contributed by atoms with Crippen molar-refractivity contribution < 1.29 is 17.9 Å². The summed E-state index contributed by atoms with van der Waals surface area (Å²) in [4.78, 5) is 12.8. The highest BCUT2D eigenvalue weighted by molar-refractivity contribution is 7.86. The summed E-state index contributed by atoms with van der Waals surface area (Å²) in [7, 11) is -3.71. The van der Waals surface area contributed by atoms with E-state index in [-0.39, 0.29) is 25.1 Å². The maximum absolute atomic E-state index is 13.3. The van der Waals surface area contributed by atoms with Gasteiger partial charge in [-0.05, 0) is 62.6 Å². The minimum Gasteiger partial charge on any atom is -0.377 e. The Morgan fingerprint density at radius 2 is 1.97 bits per heavy atom. The third-order valence-corrected chi connectivity index (χ3v) is 7.97. The summed E-state index contributed by atoms with van der Waals surface area (Å²) in [6, 6.07) is 5.70. The van der Waals surface area contributed by atoms with E-state index >= 15 is 0 Å². The number of piperidine rings is 1. The summed E-state index contributed by atoms with van der Waals surface area (Å²) in [6.45, 7) is 7.74. The van der Waals surface area contributed by atoms with Gasteiger partial charge in [0.1, 0.15) is 0 Å². The molecule has 1 aromatic carbocycles. The molecule has 29 heavy (non-hydrogen) atoms. The molecule has 1 amide bonds. The predicted octanol–water partition coefficient (Wildman–Crippen LogP) is 2.70. The molecule has 2 saturated heterocycles. The number of nitrogens with one attached hydrogen (secondary N) is 1. The van der Waals surface area contributed by atoms with Crippen LogP contribution in [0.25, 0.3) is 0 Å². The molecule has 0 bridgehead atoms. The van der Waals surface area contributed by atoms with Crippen molar-refractivity contribution >= 4 is 21.8 Å². The van der Waals surface area contributed by atoms with Crippen LogP contribution in [-0.4, -0.2) is 61.8 Å². The summed E-state index contributed by atoms with van der Waals surface area (Å²) < 4.78 is 35.1. The number of ether oxygens (including phenoxy) is 1. The summed E-state index contributed by atoms with van der Waals surface area (Å²) in [5.41, 5.74) is 2.78. The first kappa shape index (κ1) is 22.2. The van der Waals surface area contributed by atoms with Gasteiger partial charge in [0.2, 0.25) is 5.91 Å². The zero-order valence-corrected chi connectivity index (χ0v) is 18.5. The van der Waals surface area contributed by atoms with E-state index < -0.39 is 10.2 Å². The van der Waals surface area contributed by atoms with Crippen molar-refractivity contribution in [3.05, 3.63) is 29.3 Å². The third-order valence-electron chi connectivity index (χ3n) is 6.03. The number of aryl methyl sites for hydroxylation is 1. The highest BCUT2D eigenvalue weighted by Crippen LogP contribution is 2.23. The lowest BCUT2D eigenvalue weighted by molar-refractivity contribution is -0.116. The summed E-state index contributed by atoms with van der Waals surface area (Å²) >= 11 is 0. The molecule has 2 heterocycles. The molecule has 7 nitrogen and oxygen atoms in total. The molecule has 8 heteroatoms. The van der Waals surface area contributed by atoms with Gasteiger partial charge >= 0.3 is 0 Å². The minimum absolute atomic E-state index is 0.151. The standard InChI is InChI=1S/C21H33N3O4S/c1-16-9-11-23(12-10-16)29(26,27)24(14-19-7-5-13-28-19)15-21(25)22-20-8-4-6-17(2)18(20)3/h4,6,8,16,19H,5,7,9-15H2,1-3H3,(H,22,25). The normalized spacial score (nSPS) is 21.6. The van der Waals surface area contributed by atoms with E-state index in [1.54, 1.807) is 0 Å². The van der Waals surface area contributed by atoms with Crippen molar-refractivity contribution in [1.29, 1.82) is 0 Å². The van der Waals surface area contributed by atoms with Gasteiger partial charge in [-0.25, -0.2) is 0 Å². The van der Waals surface area contributed by atoms with Crippen molar-refractivity contribution in [2.75, 3.05) is 38.1 Å². The number of hydrogen-bond acceptors (Lipinski definition) is 4. The number of anilines is 1. The number of carbonyl (C=O) groups is 1. The van der Waals surface area contributed by atoms with Crippen molar-refractivity contribution in [2.24, 2.45) is 5.92 Å². The maximum atomic E-state index is 13.3. The molecule has 0 radical (unpaired) electrons. The number of hydrogen-bond donors (Lipinski definition) is 1. The number of amides is 1. The molecule has 1 unspecified atom stereocenters. The number of carbonyl (C=O) groups excluding carboxylic acids is 1. The SMILES string of the molecule is Cc1cccc(NC(=O)CN(CC2CCCO2)S(=O)(=O)N2CCC(C)CC2)c1C. The van der Waals surface area contributed by atoms with Gasteiger partial charge in [0.05, 0.1) is 12.6 Å². The number of nitrogens with zero attached hydrogens (tertiary/aromatic N) is 2. The van der Waals surface area contributed by atoms with Crippen LogP contribution in [0.15, 0.2) is 18.2 Å². The molecule has 2 fully saturated rings. The second-order valence-electron chi connectivity index (χ2n) is 8.31. The fourth-order valence-electron chi connectivity index (χ4n) is 3.87. The molecule has 2 aliphatic heterocycles. The Labute approximate surface area is 174 Å². The van der Waals surface area contributed by atoms with Crippen molar-refractivity contribution in [3.8, 4) is 0 Å². The molecule has 0 saturated carbocycles. The first-order valence-electron chi connectivity index (χ1n) is 10.5. The Morgan fingerprint density at radius 3 is 2.62 bits per heavy atom. The first-order chi connectivity index (χ1) is 13.8. The molecule has 1 N–H and O–H groups in total. The van der Waals surface area contributed by atoms with E-state index in [1.165, 1.54) is 8.61 Å². The molecule has 162 valence electrons. The molecule has 0 aliphatic carbocycles. The molecular formula is C21H33N3O4S. The lowest BCUT2D eigenvalue weighted by atomic mass is 10.0. The topological polar surface area (TPSA) is 79.0 Å². The van der Waals surface area contributed by atoms with Gasteiger partial charge in [-0.3, -0.25) is 4.79 Å². The van der Waals surface area contributed by atoms with Gasteiger partial charge < -0.3 is 10.1 Å². The van der Waals surface area contributed by atoms with E-state index in [4.69, 9.17) is 4.74 Å². The lowest BCUT2D eigenvalue weighted by Gasteiger charge is -2.34. The van der Waals surface area contributed by atoms with E-state index in [0.717, 1.165) is 42.5 Å². The maximum Gasteiger partial charge on any atom is 0.282 e. The van der Waals surface area contributed by atoms with Gasteiger partial charge in [-0.2, -0.15) is 17.0 Å². The summed E-state index contributed by atoms with van der Waals surface area (Å²) in [5, 5.41) is 2.88. The van der Waals surface area contributed by atoms with E-state index in [2.05, 4.69) is 12.2 Å². The third kappa shape index (κ3) is 5.57. The molecule has 2 aliphatic rings. The van der Waals surface area contributed by atoms with Gasteiger partial charge in [0.15, 0.2) is 0 Å². The van der Waals surface area contributed by atoms with Crippen LogP contribution in [0.5, 0.6) is 0 Å². The fourth-order valence-corrected chi connectivity index (χ4v) is 5.51. The smallest absolute Gasteiger partial charge is 0.282 e. The van der Waals surface area contributed by atoms with E-state index in [1.807, 2.05) is 32.0 Å². The van der Waals surface area contributed by atoms with Crippen molar-refractivity contribution in [2.45, 2.75) is 52.6 Å². The van der Waals surface area contributed by atoms with Gasteiger partial charge in [-0.1, -0.05) is 19.1 Å². The Hall–Kier alpha value is -1.48. The number of rotatable bonds is 7.